The van der Waals surface area contributed by atoms with Gasteiger partial charge in [-0.1, -0.05) is 45.2 Å². The number of aromatic nitrogens is 2. The van der Waals surface area contributed by atoms with Crippen molar-refractivity contribution in [3.8, 4) is 11.5 Å². The maximum Gasteiger partial charge on any atom is 0.275 e. The maximum atomic E-state index is 13.3. The van der Waals surface area contributed by atoms with Crippen LogP contribution < -0.4 is 14.4 Å². The van der Waals surface area contributed by atoms with Gasteiger partial charge in [-0.3, -0.25) is 4.79 Å². The highest BCUT2D eigenvalue weighted by molar-refractivity contribution is 6.33. The quantitative estimate of drug-likeness (QED) is 0.511. The molecule has 0 unspecified atom stereocenters. The summed E-state index contributed by atoms with van der Waals surface area (Å²) in [6.45, 7) is 6.80. The number of hydrogen-bond acceptors (Lipinski definition) is 5. The normalized spacial score (nSPS) is 13.7. The number of amides is 1. The summed E-state index contributed by atoms with van der Waals surface area (Å²) in [6.07, 6.45) is 4.88. The second kappa shape index (κ2) is 9.81. The minimum absolute atomic E-state index is 0.00717. The zero-order chi connectivity index (χ0) is 22.7. The van der Waals surface area contributed by atoms with E-state index in [1.54, 1.807) is 25.2 Å². The molecule has 3 rings (SSSR count). The molecule has 1 aliphatic rings. The van der Waals surface area contributed by atoms with Gasteiger partial charge in [-0.15, -0.1) is 0 Å². The van der Waals surface area contributed by atoms with Crippen LogP contribution in [-0.2, 0) is 6.42 Å². The van der Waals surface area contributed by atoms with Crippen LogP contribution in [-0.4, -0.2) is 48.3 Å². The number of benzene rings is 1. The molecular weight excluding hydrogens is 416 g/mol. The van der Waals surface area contributed by atoms with E-state index in [1.165, 1.54) is 0 Å². The van der Waals surface area contributed by atoms with Crippen molar-refractivity contribution in [1.82, 2.24) is 14.5 Å². The number of aryl methyl sites for hydroxylation is 1. The van der Waals surface area contributed by atoms with Crippen LogP contribution in [0.3, 0.4) is 0 Å². The van der Waals surface area contributed by atoms with E-state index < -0.39 is 0 Å². The van der Waals surface area contributed by atoms with Crippen LogP contribution in [0.1, 0.15) is 68.8 Å². The van der Waals surface area contributed by atoms with E-state index in [0.717, 1.165) is 43.6 Å². The number of imidazole rings is 1. The third-order valence-electron chi connectivity index (χ3n) is 5.79. The number of fused-ring (bicyclic) bond motifs is 1. The topological polar surface area (TPSA) is 59.8 Å². The van der Waals surface area contributed by atoms with Gasteiger partial charge in [0, 0.05) is 31.6 Å². The van der Waals surface area contributed by atoms with Gasteiger partial charge in [0.1, 0.15) is 5.82 Å². The summed E-state index contributed by atoms with van der Waals surface area (Å²) in [5, 5.41) is 0.512. The van der Waals surface area contributed by atoms with Crippen molar-refractivity contribution < 1.29 is 14.3 Å². The molecule has 0 bridgehead atoms. The molecule has 0 aliphatic carbocycles. The second-order valence-corrected chi connectivity index (χ2v) is 8.29. The fourth-order valence-electron chi connectivity index (χ4n) is 4.33. The minimum atomic E-state index is -0.00717. The number of anilines is 2. The highest BCUT2D eigenvalue weighted by Gasteiger charge is 2.37. The minimum Gasteiger partial charge on any atom is -0.493 e. The molecule has 0 saturated carbocycles. The standard InChI is InChI=1S/C23H33ClN4O3/c1-7-10-15(11-8-2)28-20(9-3)25-22-21(28)23(29)26(4)14-27(22)17-13-19(31-6)18(30-5)12-16(17)24/h12-13,15H,7-11,14H2,1-6H3. The molecule has 1 aromatic carbocycles. The predicted molar refractivity (Wildman–Crippen MR) is 124 cm³/mol. The van der Waals surface area contributed by atoms with Crippen LogP contribution in [0, 0.1) is 0 Å². The SMILES string of the molecule is CCCC(CCC)n1c(CC)nc2c1C(=O)N(C)CN2c1cc(OC)c(OC)cc1Cl. The smallest absolute Gasteiger partial charge is 0.275 e. The molecule has 1 aliphatic heterocycles. The summed E-state index contributed by atoms with van der Waals surface area (Å²) >= 11 is 6.65. The summed E-state index contributed by atoms with van der Waals surface area (Å²) < 4.78 is 13.1. The molecular formula is C23H33ClN4O3. The van der Waals surface area contributed by atoms with E-state index >= 15 is 0 Å². The van der Waals surface area contributed by atoms with Crippen LogP contribution in [0.15, 0.2) is 12.1 Å². The molecule has 1 amide bonds. The Labute approximate surface area is 189 Å². The summed E-state index contributed by atoms with van der Waals surface area (Å²) in [5.41, 5.74) is 1.37. The van der Waals surface area contributed by atoms with Crippen molar-refractivity contribution in [2.75, 3.05) is 32.8 Å². The van der Waals surface area contributed by atoms with Gasteiger partial charge in [0.25, 0.3) is 5.91 Å². The molecule has 1 aromatic heterocycles. The first kappa shape index (κ1) is 23.3. The number of hydrogen-bond donors (Lipinski definition) is 0. The van der Waals surface area contributed by atoms with Crippen LogP contribution in [0.4, 0.5) is 11.5 Å². The lowest BCUT2D eigenvalue weighted by atomic mass is 10.1. The lowest BCUT2D eigenvalue weighted by Gasteiger charge is -2.35. The zero-order valence-corrected chi connectivity index (χ0v) is 20.1. The van der Waals surface area contributed by atoms with E-state index in [0.29, 0.717) is 34.7 Å². The van der Waals surface area contributed by atoms with Crippen molar-refractivity contribution in [1.29, 1.82) is 0 Å². The van der Waals surface area contributed by atoms with Crippen molar-refractivity contribution in [2.24, 2.45) is 0 Å². The molecule has 0 spiro atoms. The Morgan fingerprint density at radius 1 is 1.10 bits per heavy atom. The van der Waals surface area contributed by atoms with Gasteiger partial charge in [-0.2, -0.15) is 0 Å². The first-order valence-electron chi connectivity index (χ1n) is 11.0. The third kappa shape index (κ3) is 4.20. The summed E-state index contributed by atoms with van der Waals surface area (Å²) in [5.74, 6) is 2.72. The maximum absolute atomic E-state index is 13.3. The van der Waals surface area contributed by atoms with Gasteiger partial charge in [-0.25, -0.2) is 4.98 Å². The van der Waals surface area contributed by atoms with Crippen molar-refractivity contribution in [3.05, 3.63) is 28.7 Å². The number of methoxy groups -OCH3 is 2. The van der Waals surface area contributed by atoms with Gasteiger partial charge >= 0.3 is 0 Å². The number of carbonyl (C=O) groups excluding carboxylic acids is 1. The van der Waals surface area contributed by atoms with Gasteiger partial charge in [0.2, 0.25) is 0 Å². The number of ether oxygens (including phenoxy) is 2. The van der Waals surface area contributed by atoms with Gasteiger partial charge in [-0.05, 0) is 12.8 Å². The Kier molecular flexibility index (Phi) is 7.36. The Morgan fingerprint density at radius 2 is 1.71 bits per heavy atom. The Hall–Kier alpha value is -2.41. The largest absolute Gasteiger partial charge is 0.493 e. The van der Waals surface area contributed by atoms with E-state index in [-0.39, 0.29) is 11.9 Å². The van der Waals surface area contributed by atoms with Crippen LogP contribution in [0.5, 0.6) is 11.5 Å². The highest BCUT2D eigenvalue weighted by Crippen LogP contribution is 2.43. The predicted octanol–water partition coefficient (Wildman–Crippen LogP) is 5.44. The lowest BCUT2D eigenvalue weighted by Crippen LogP contribution is -2.43. The average molecular weight is 449 g/mol. The molecule has 0 saturated heterocycles. The summed E-state index contributed by atoms with van der Waals surface area (Å²) in [4.78, 5) is 22.0. The molecule has 0 N–H and O–H groups in total. The molecule has 0 atom stereocenters. The molecule has 2 heterocycles. The third-order valence-corrected chi connectivity index (χ3v) is 6.10. The molecule has 8 heteroatoms. The molecule has 2 aromatic rings. The lowest BCUT2D eigenvalue weighted by molar-refractivity contribution is 0.0772. The molecule has 0 radical (unpaired) electrons. The van der Waals surface area contributed by atoms with Gasteiger partial charge in [0.05, 0.1) is 31.6 Å². The van der Waals surface area contributed by atoms with Crippen LogP contribution in [0.2, 0.25) is 5.02 Å². The van der Waals surface area contributed by atoms with E-state index in [1.807, 2.05) is 18.0 Å². The molecule has 170 valence electrons. The second-order valence-electron chi connectivity index (χ2n) is 7.89. The van der Waals surface area contributed by atoms with E-state index in [9.17, 15) is 4.79 Å². The Bertz CT molecular complexity index is 937. The van der Waals surface area contributed by atoms with E-state index in [2.05, 4.69) is 25.3 Å². The fourth-order valence-corrected chi connectivity index (χ4v) is 4.58. The fraction of sp³-hybridized carbons (Fsp3) is 0.565. The molecule has 7 nitrogen and oxygen atoms in total. The zero-order valence-electron chi connectivity index (χ0n) is 19.4. The average Bonchev–Trinajstić information content (AvgIpc) is 3.16. The number of carbonyl (C=O) groups is 1. The van der Waals surface area contributed by atoms with Crippen molar-refractivity contribution >= 4 is 29.0 Å². The first-order valence-corrected chi connectivity index (χ1v) is 11.3. The highest BCUT2D eigenvalue weighted by atomic mass is 35.5. The monoisotopic (exact) mass is 448 g/mol. The van der Waals surface area contributed by atoms with E-state index in [4.69, 9.17) is 26.1 Å². The van der Waals surface area contributed by atoms with Gasteiger partial charge < -0.3 is 23.8 Å². The molecule has 0 fully saturated rings. The summed E-state index contributed by atoms with van der Waals surface area (Å²) in [7, 11) is 4.98. The summed E-state index contributed by atoms with van der Waals surface area (Å²) in [6, 6.07) is 3.83. The Balaban J connectivity index is 2.22. The van der Waals surface area contributed by atoms with Crippen molar-refractivity contribution in [3.63, 3.8) is 0 Å². The molecule has 31 heavy (non-hydrogen) atoms. The van der Waals surface area contributed by atoms with Crippen molar-refractivity contribution in [2.45, 2.75) is 58.9 Å². The van der Waals surface area contributed by atoms with Crippen LogP contribution >= 0.6 is 11.6 Å². The van der Waals surface area contributed by atoms with Gasteiger partial charge in [0.15, 0.2) is 23.0 Å². The number of nitrogens with zero attached hydrogens (tertiary/aromatic N) is 4. The number of halogens is 1. The number of rotatable bonds is 9. The van der Waals surface area contributed by atoms with Crippen LogP contribution in [0.25, 0.3) is 0 Å². The first-order chi connectivity index (χ1) is 14.9. The Morgan fingerprint density at radius 3 is 2.26 bits per heavy atom.